The Kier molecular flexibility index (Phi) is 56.7. The molecule has 0 aliphatic heterocycles. The Balaban J connectivity index is 5.14. The Hall–Kier alpha value is -1.94. The average Bonchev–Trinajstić information content (AvgIpc) is 3.49. The third-order valence-corrected chi connectivity index (χ3v) is 16.5. The molecule has 0 radical (unpaired) electrons. The van der Waals surface area contributed by atoms with Gasteiger partial charge in [0, 0.05) is 25.7 Å². The number of hydrogen-bond donors (Lipinski definition) is 3. The maximum atomic E-state index is 13.0. The van der Waals surface area contributed by atoms with E-state index in [1.165, 1.54) is 135 Å². The maximum absolute atomic E-state index is 13.0. The van der Waals surface area contributed by atoms with Gasteiger partial charge in [0.05, 0.1) is 26.4 Å². The van der Waals surface area contributed by atoms with E-state index in [0.717, 1.165) is 109 Å². The molecule has 0 saturated heterocycles. The molecule has 3 N–H and O–H groups in total. The molecule has 82 heavy (non-hydrogen) atoms. The van der Waals surface area contributed by atoms with Crippen LogP contribution in [0.3, 0.4) is 0 Å². The van der Waals surface area contributed by atoms with Crippen LogP contribution in [0.1, 0.15) is 323 Å². The van der Waals surface area contributed by atoms with Crippen molar-refractivity contribution in [2.45, 2.75) is 341 Å². The van der Waals surface area contributed by atoms with Gasteiger partial charge in [0.1, 0.15) is 19.3 Å². The highest BCUT2D eigenvalue weighted by Gasteiger charge is 2.30. The van der Waals surface area contributed by atoms with Crippen molar-refractivity contribution in [2.24, 2.45) is 0 Å². The molecule has 0 bridgehead atoms. The number of carbonyl (C=O) groups excluding carboxylic acids is 4. The first-order valence-electron chi connectivity index (χ1n) is 33.3. The van der Waals surface area contributed by atoms with Gasteiger partial charge < -0.3 is 33.8 Å². The zero-order valence-corrected chi connectivity index (χ0v) is 54.2. The van der Waals surface area contributed by atoms with Gasteiger partial charge in [0.2, 0.25) is 0 Å². The third-order valence-electron chi connectivity index (χ3n) is 14.6. The van der Waals surface area contributed by atoms with Crippen LogP contribution in [0.15, 0.2) is 0 Å². The number of unbranched alkanes of at least 4 members (excludes halogenated alkanes) is 38. The molecular weight excluding hydrogens is 1090 g/mol. The Morgan fingerprint density at radius 1 is 0.293 bits per heavy atom. The minimum absolute atomic E-state index is 0.103. The van der Waals surface area contributed by atoms with Gasteiger partial charge in [-0.25, -0.2) is 9.13 Å². The Morgan fingerprint density at radius 3 is 0.720 bits per heavy atom. The van der Waals surface area contributed by atoms with Gasteiger partial charge in [-0.05, 0) is 25.7 Å². The van der Waals surface area contributed by atoms with Crippen molar-refractivity contribution in [1.82, 2.24) is 0 Å². The molecular formula is C63H122O17P2. The average molecular weight is 1210 g/mol. The molecule has 486 valence electrons. The predicted molar refractivity (Wildman–Crippen MR) is 326 cm³/mol. The number of carbonyl (C=O) groups is 4. The lowest BCUT2D eigenvalue weighted by atomic mass is 10.0. The molecule has 0 spiro atoms. The Labute approximate surface area is 498 Å². The molecule has 0 aromatic heterocycles. The molecule has 0 aromatic carbocycles. The summed E-state index contributed by atoms with van der Waals surface area (Å²) in [6, 6.07) is 0. The van der Waals surface area contributed by atoms with Gasteiger partial charge in [0.15, 0.2) is 12.2 Å². The van der Waals surface area contributed by atoms with Crippen molar-refractivity contribution >= 4 is 39.5 Å². The molecule has 19 heteroatoms. The van der Waals surface area contributed by atoms with Gasteiger partial charge in [-0.3, -0.25) is 37.3 Å². The lowest BCUT2D eigenvalue weighted by Crippen LogP contribution is -2.30. The highest BCUT2D eigenvalue weighted by atomic mass is 31.2. The molecule has 0 aliphatic carbocycles. The first-order valence-corrected chi connectivity index (χ1v) is 36.3. The number of hydrogen-bond acceptors (Lipinski definition) is 15. The van der Waals surface area contributed by atoms with Gasteiger partial charge in [-0.2, -0.15) is 0 Å². The van der Waals surface area contributed by atoms with E-state index in [9.17, 15) is 43.2 Å². The summed E-state index contributed by atoms with van der Waals surface area (Å²) in [7, 11) is -9.87. The molecule has 0 fully saturated rings. The predicted octanol–water partition coefficient (Wildman–Crippen LogP) is 17.5. The second-order valence-electron chi connectivity index (χ2n) is 22.8. The largest absolute Gasteiger partial charge is 0.472 e. The molecule has 0 aromatic rings. The number of ether oxygens (including phenoxy) is 4. The van der Waals surface area contributed by atoms with Crippen LogP contribution in [0, 0.1) is 0 Å². The van der Waals surface area contributed by atoms with E-state index in [-0.39, 0.29) is 25.7 Å². The number of esters is 4. The zero-order chi connectivity index (χ0) is 60.5. The lowest BCUT2D eigenvalue weighted by Gasteiger charge is -2.21. The summed E-state index contributed by atoms with van der Waals surface area (Å²) in [5.74, 6) is -2.15. The maximum Gasteiger partial charge on any atom is 0.472 e. The van der Waals surface area contributed by atoms with E-state index in [1.54, 1.807) is 0 Å². The van der Waals surface area contributed by atoms with E-state index in [4.69, 9.17) is 37.0 Å². The van der Waals surface area contributed by atoms with Crippen LogP contribution in [0.25, 0.3) is 0 Å². The third kappa shape index (κ3) is 57.2. The molecule has 0 rings (SSSR count). The van der Waals surface area contributed by atoms with Crippen molar-refractivity contribution in [3.05, 3.63) is 0 Å². The lowest BCUT2D eigenvalue weighted by molar-refractivity contribution is -0.161. The first kappa shape index (κ1) is 80.1. The smallest absolute Gasteiger partial charge is 0.462 e. The standard InChI is InChI=1S/C63H122O17P2/c1-5-9-13-17-20-22-24-26-28-29-31-33-35-38-42-46-50-63(68)80-59(54-74-61(66)48-44-40-37-34-32-30-27-25-23-21-18-14-10-6-2)56-78-82(71,72)76-52-57(64)51-75-81(69,70)77-55-58(53-73-60(65)47-43-39-16-12-8-4)79-62(67)49-45-41-36-19-15-11-7-3/h57-59,64H,5-56H2,1-4H3,(H,69,70)(H,71,72)/t57-,58+,59+/m0/s1. The first-order chi connectivity index (χ1) is 39.7. The van der Waals surface area contributed by atoms with Crippen molar-refractivity contribution < 1.29 is 80.2 Å². The van der Waals surface area contributed by atoms with Crippen molar-refractivity contribution in [3.63, 3.8) is 0 Å². The van der Waals surface area contributed by atoms with Crippen molar-refractivity contribution in [2.75, 3.05) is 39.6 Å². The van der Waals surface area contributed by atoms with E-state index in [0.29, 0.717) is 25.7 Å². The normalized spacial score (nSPS) is 14.2. The van der Waals surface area contributed by atoms with E-state index >= 15 is 0 Å². The van der Waals surface area contributed by atoms with Crippen molar-refractivity contribution in [3.8, 4) is 0 Å². The highest BCUT2D eigenvalue weighted by Crippen LogP contribution is 2.45. The monoisotopic (exact) mass is 1210 g/mol. The summed E-state index contributed by atoms with van der Waals surface area (Å²) >= 11 is 0. The summed E-state index contributed by atoms with van der Waals surface area (Å²) in [6.45, 7) is 4.76. The van der Waals surface area contributed by atoms with Crippen LogP contribution in [-0.4, -0.2) is 96.7 Å². The molecule has 0 saturated carbocycles. The van der Waals surface area contributed by atoms with Crippen LogP contribution in [0.5, 0.6) is 0 Å². The van der Waals surface area contributed by atoms with Crippen LogP contribution in [-0.2, 0) is 65.4 Å². The highest BCUT2D eigenvalue weighted by molar-refractivity contribution is 7.47. The second kappa shape index (κ2) is 58.1. The molecule has 17 nitrogen and oxygen atoms in total. The van der Waals surface area contributed by atoms with Gasteiger partial charge in [0.25, 0.3) is 0 Å². The van der Waals surface area contributed by atoms with E-state index in [1.807, 2.05) is 0 Å². The van der Waals surface area contributed by atoms with Crippen LogP contribution in [0.4, 0.5) is 0 Å². The quantitative estimate of drug-likeness (QED) is 0.0222. The second-order valence-corrected chi connectivity index (χ2v) is 25.7. The molecule has 0 heterocycles. The van der Waals surface area contributed by atoms with Crippen molar-refractivity contribution in [1.29, 1.82) is 0 Å². The summed E-state index contributed by atoms with van der Waals surface area (Å²) in [5.41, 5.74) is 0. The number of aliphatic hydroxyl groups excluding tert-OH is 1. The van der Waals surface area contributed by atoms with Gasteiger partial charge in [-0.15, -0.1) is 0 Å². The number of phosphoric ester groups is 2. The van der Waals surface area contributed by atoms with Crippen LogP contribution in [0.2, 0.25) is 0 Å². The van der Waals surface area contributed by atoms with Crippen LogP contribution < -0.4 is 0 Å². The summed E-state index contributed by atoms with van der Waals surface area (Å²) in [4.78, 5) is 71.8. The fourth-order valence-electron chi connectivity index (χ4n) is 9.46. The van der Waals surface area contributed by atoms with Gasteiger partial charge in [-0.1, -0.05) is 272 Å². The Bertz CT molecular complexity index is 1590. The molecule has 2 unspecified atom stereocenters. The minimum Gasteiger partial charge on any atom is -0.462 e. The number of aliphatic hydroxyl groups is 1. The van der Waals surface area contributed by atoms with Crippen LogP contribution >= 0.6 is 15.6 Å². The topological polar surface area (TPSA) is 237 Å². The number of rotatable bonds is 64. The molecule has 0 amide bonds. The van der Waals surface area contributed by atoms with E-state index in [2.05, 4.69) is 27.7 Å². The fraction of sp³-hybridized carbons (Fsp3) is 0.937. The number of phosphoric acid groups is 2. The minimum atomic E-state index is -4.94. The Morgan fingerprint density at radius 2 is 0.488 bits per heavy atom. The summed E-state index contributed by atoms with van der Waals surface area (Å²) in [5, 5.41) is 10.5. The summed E-state index contributed by atoms with van der Waals surface area (Å²) < 4.78 is 67.7. The SMILES string of the molecule is CCCCCCCCCCCCCCCCCCC(=O)O[C@H](COC(=O)CCCCCCCCCCCCCCCC)COP(=O)(O)OC[C@@H](O)COP(=O)(O)OC[C@@H](COC(=O)CCCCCCC)OC(=O)CCCCCCCCC. The zero-order valence-electron chi connectivity index (χ0n) is 52.5. The molecule has 5 atom stereocenters. The molecule has 0 aliphatic rings. The van der Waals surface area contributed by atoms with Gasteiger partial charge >= 0.3 is 39.5 Å². The summed E-state index contributed by atoms with van der Waals surface area (Å²) in [6.07, 6.45) is 43.6. The van der Waals surface area contributed by atoms with E-state index < -0.39 is 97.5 Å². The fourth-order valence-corrected chi connectivity index (χ4v) is 11.0.